The lowest BCUT2D eigenvalue weighted by atomic mass is 10.1. The molecule has 7 nitrogen and oxygen atoms in total. The molecule has 0 aliphatic heterocycles. The van der Waals surface area contributed by atoms with Crippen LogP contribution in [0.4, 0.5) is 0 Å². The monoisotopic (exact) mass is 342 g/mol. The molecule has 0 aliphatic rings. The van der Waals surface area contributed by atoms with Gasteiger partial charge in [0.15, 0.2) is 0 Å². The molecule has 0 bridgehead atoms. The average molecular weight is 342 g/mol. The summed E-state index contributed by atoms with van der Waals surface area (Å²) in [6, 6.07) is 6.87. The number of nitrogens with two attached hydrogens (primary N) is 1. The Kier molecular flexibility index (Phi) is 4.24. The fraction of sp³-hybridized carbons (Fsp3) is 0.125. The first-order valence-electron chi connectivity index (χ1n) is 7.20. The van der Waals surface area contributed by atoms with Gasteiger partial charge in [-0.25, -0.2) is 10.9 Å². The van der Waals surface area contributed by atoms with Gasteiger partial charge in [0.1, 0.15) is 5.56 Å². The quantitative estimate of drug-likeness (QED) is 0.429. The van der Waals surface area contributed by atoms with Crippen molar-refractivity contribution in [3.63, 3.8) is 0 Å². The van der Waals surface area contributed by atoms with E-state index in [1.54, 1.807) is 19.2 Å². The van der Waals surface area contributed by atoms with E-state index in [4.69, 9.17) is 5.84 Å². The van der Waals surface area contributed by atoms with Gasteiger partial charge in [-0.15, -0.1) is 11.3 Å². The minimum absolute atomic E-state index is 0.0652. The van der Waals surface area contributed by atoms with Crippen LogP contribution in [0.5, 0.6) is 0 Å². The Morgan fingerprint density at radius 1 is 1.38 bits per heavy atom. The molecule has 0 unspecified atom stereocenters. The molecule has 0 aliphatic carbocycles. The number of amides is 2. The molecule has 3 rings (SSSR count). The zero-order chi connectivity index (χ0) is 17.3. The Hall–Kier alpha value is -2.84. The molecule has 0 saturated carbocycles. The second kappa shape index (κ2) is 6.34. The number of imide groups is 1. The summed E-state index contributed by atoms with van der Waals surface area (Å²) in [6.45, 7) is 1.58. The molecular weight excluding hydrogens is 328 g/mol. The van der Waals surface area contributed by atoms with Crippen LogP contribution < -0.4 is 11.4 Å². The minimum atomic E-state index is -0.842. The Bertz CT molecular complexity index is 979. The third-order valence-electron chi connectivity index (χ3n) is 3.55. The number of fused-ring (bicyclic) bond motifs is 1. The van der Waals surface area contributed by atoms with Crippen LogP contribution in [0.1, 0.15) is 23.7 Å². The minimum Gasteiger partial charge on any atom is -0.321 e. The molecule has 0 atom stereocenters. The number of carbonyl (C=O) groups excluding carboxylic acids is 2. The zero-order valence-electron chi connectivity index (χ0n) is 12.8. The van der Waals surface area contributed by atoms with E-state index in [-0.39, 0.29) is 12.0 Å². The molecule has 8 heteroatoms. The van der Waals surface area contributed by atoms with Crippen molar-refractivity contribution in [2.45, 2.75) is 13.3 Å². The standard InChI is InChI=1S/C16H14N4O3S/c1-2-13(21)20(17)16(23)10-8-9-11(19-15(10)22)5-6-18-14(9)12-4-3-7-24-12/h3-8H,2,17H2,1H3,(H,19,22). The van der Waals surface area contributed by atoms with Crippen LogP contribution >= 0.6 is 11.3 Å². The van der Waals surface area contributed by atoms with Crippen molar-refractivity contribution in [2.75, 3.05) is 0 Å². The number of nitrogens with zero attached hydrogens (tertiary/aromatic N) is 2. The molecule has 0 saturated heterocycles. The average Bonchev–Trinajstić information content (AvgIpc) is 3.13. The van der Waals surface area contributed by atoms with E-state index in [0.717, 1.165) is 4.88 Å². The second-order valence-electron chi connectivity index (χ2n) is 5.03. The summed E-state index contributed by atoms with van der Waals surface area (Å²) >= 11 is 1.50. The van der Waals surface area contributed by atoms with E-state index in [9.17, 15) is 14.4 Å². The summed E-state index contributed by atoms with van der Waals surface area (Å²) in [5.74, 6) is 4.11. The highest BCUT2D eigenvalue weighted by Crippen LogP contribution is 2.28. The van der Waals surface area contributed by atoms with Crippen molar-refractivity contribution >= 4 is 34.1 Å². The van der Waals surface area contributed by atoms with Gasteiger partial charge in [-0.05, 0) is 23.6 Å². The molecule has 3 heterocycles. The number of aromatic nitrogens is 2. The molecule has 0 radical (unpaired) electrons. The van der Waals surface area contributed by atoms with Crippen molar-refractivity contribution in [3.8, 4) is 10.6 Å². The van der Waals surface area contributed by atoms with Crippen molar-refractivity contribution in [2.24, 2.45) is 5.84 Å². The third-order valence-corrected chi connectivity index (χ3v) is 4.42. The molecule has 0 aromatic carbocycles. The van der Waals surface area contributed by atoms with E-state index in [1.807, 2.05) is 17.5 Å². The number of pyridine rings is 2. The summed E-state index contributed by atoms with van der Waals surface area (Å²) in [6.07, 6.45) is 1.65. The largest absolute Gasteiger partial charge is 0.321 e. The van der Waals surface area contributed by atoms with Gasteiger partial charge in [0.2, 0.25) is 5.91 Å². The predicted octanol–water partition coefficient (Wildman–Crippen LogP) is 1.90. The summed E-state index contributed by atoms with van der Waals surface area (Å²) in [7, 11) is 0. The number of hydrogen-bond acceptors (Lipinski definition) is 6. The number of aromatic amines is 1. The lowest BCUT2D eigenvalue weighted by Gasteiger charge is -2.13. The molecule has 122 valence electrons. The Morgan fingerprint density at radius 3 is 2.83 bits per heavy atom. The van der Waals surface area contributed by atoms with Gasteiger partial charge in [0.05, 0.1) is 16.1 Å². The van der Waals surface area contributed by atoms with E-state index < -0.39 is 17.4 Å². The van der Waals surface area contributed by atoms with Crippen molar-refractivity contribution in [1.82, 2.24) is 15.0 Å². The van der Waals surface area contributed by atoms with Gasteiger partial charge < -0.3 is 4.98 Å². The smallest absolute Gasteiger partial charge is 0.280 e. The summed E-state index contributed by atoms with van der Waals surface area (Å²) in [5, 5.41) is 2.99. The molecular formula is C16H14N4O3S. The molecule has 3 N–H and O–H groups in total. The van der Waals surface area contributed by atoms with Crippen LogP contribution in [0.25, 0.3) is 21.5 Å². The van der Waals surface area contributed by atoms with Crippen molar-refractivity contribution in [1.29, 1.82) is 0 Å². The molecule has 2 amide bonds. The first-order chi connectivity index (χ1) is 11.5. The molecule has 3 aromatic rings. The number of hydrazine groups is 1. The van der Waals surface area contributed by atoms with Gasteiger partial charge in [-0.2, -0.15) is 0 Å². The van der Waals surface area contributed by atoms with Gasteiger partial charge in [-0.1, -0.05) is 13.0 Å². The van der Waals surface area contributed by atoms with Crippen LogP contribution in [-0.4, -0.2) is 26.8 Å². The number of hydrogen-bond donors (Lipinski definition) is 2. The van der Waals surface area contributed by atoms with Gasteiger partial charge in [0.25, 0.3) is 11.5 Å². The van der Waals surface area contributed by atoms with Crippen LogP contribution in [0.2, 0.25) is 0 Å². The van der Waals surface area contributed by atoms with Gasteiger partial charge >= 0.3 is 0 Å². The van der Waals surface area contributed by atoms with Crippen LogP contribution in [0, 0.1) is 0 Å². The zero-order valence-corrected chi connectivity index (χ0v) is 13.6. The Labute approximate surface area is 140 Å². The topological polar surface area (TPSA) is 109 Å². The number of rotatable bonds is 3. The van der Waals surface area contributed by atoms with E-state index in [0.29, 0.717) is 21.6 Å². The summed E-state index contributed by atoms with van der Waals surface area (Å²) < 4.78 is 0. The maximum absolute atomic E-state index is 12.3. The van der Waals surface area contributed by atoms with Crippen LogP contribution in [-0.2, 0) is 4.79 Å². The van der Waals surface area contributed by atoms with Crippen molar-refractivity contribution in [3.05, 3.63) is 51.8 Å². The number of thiophene rings is 1. The Morgan fingerprint density at radius 2 is 2.17 bits per heavy atom. The summed E-state index contributed by atoms with van der Waals surface area (Å²) in [4.78, 5) is 44.1. The number of carbonyl (C=O) groups is 2. The predicted molar refractivity (Wildman–Crippen MR) is 91.3 cm³/mol. The highest BCUT2D eigenvalue weighted by molar-refractivity contribution is 7.13. The second-order valence-corrected chi connectivity index (χ2v) is 5.98. The molecule has 0 fully saturated rings. The fourth-order valence-electron chi connectivity index (χ4n) is 2.31. The maximum atomic E-state index is 12.3. The van der Waals surface area contributed by atoms with Crippen molar-refractivity contribution < 1.29 is 9.59 Å². The van der Waals surface area contributed by atoms with Crippen LogP contribution in [0.3, 0.4) is 0 Å². The molecule has 3 aromatic heterocycles. The first-order valence-corrected chi connectivity index (χ1v) is 8.08. The maximum Gasteiger partial charge on any atom is 0.280 e. The SMILES string of the molecule is CCC(=O)N(N)C(=O)c1cc2c(-c3cccs3)nccc2[nH]c1=O. The number of nitrogens with one attached hydrogen (secondary N) is 1. The van der Waals surface area contributed by atoms with Crippen LogP contribution in [0.15, 0.2) is 40.6 Å². The lowest BCUT2D eigenvalue weighted by Crippen LogP contribution is -2.44. The third kappa shape index (κ3) is 2.72. The molecule has 24 heavy (non-hydrogen) atoms. The highest BCUT2D eigenvalue weighted by atomic mass is 32.1. The van der Waals surface area contributed by atoms with E-state index in [2.05, 4.69) is 9.97 Å². The first kappa shape index (κ1) is 16.0. The summed E-state index contributed by atoms with van der Waals surface area (Å²) in [5.41, 5.74) is 0.409. The van der Waals surface area contributed by atoms with Gasteiger partial charge in [0, 0.05) is 18.0 Å². The fourth-order valence-corrected chi connectivity index (χ4v) is 3.04. The Balaban J connectivity index is 2.19. The lowest BCUT2D eigenvalue weighted by molar-refractivity contribution is -0.128. The van der Waals surface area contributed by atoms with Gasteiger partial charge in [-0.3, -0.25) is 19.4 Å². The number of H-pyrrole nitrogens is 1. The molecule has 0 spiro atoms. The van der Waals surface area contributed by atoms with E-state index in [1.165, 1.54) is 17.4 Å². The highest BCUT2D eigenvalue weighted by Gasteiger charge is 2.22. The van der Waals surface area contributed by atoms with E-state index >= 15 is 0 Å². The normalized spacial score (nSPS) is 10.8.